The molecule has 1 aromatic heterocycles. The van der Waals surface area contributed by atoms with Gasteiger partial charge in [-0.1, -0.05) is 44.4 Å². The van der Waals surface area contributed by atoms with Crippen LogP contribution in [0.25, 0.3) is 10.8 Å². The summed E-state index contributed by atoms with van der Waals surface area (Å²) in [6, 6.07) is 6.71. The number of fused-ring (bicyclic) bond motifs is 1. The molecule has 2 aromatic rings. The lowest BCUT2D eigenvalue weighted by molar-refractivity contribution is -0.143. The van der Waals surface area contributed by atoms with Crippen molar-refractivity contribution >= 4 is 28.6 Å². The van der Waals surface area contributed by atoms with Gasteiger partial charge in [0.2, 0.25) is 5.91 Å². The van der Waals surface area contributed by atoms with Crippen molar-refractivity contribution in [2.75, 3.05) is 13.2 Å². The van der Waals surface area contributed by atoms with E-state index in [1.54, 1.807) is 24.3 Å². The topological polar surface area (TPSA) is 98.6 Å². The highest BCUT2D eigenvalue weighted by Gasteiger charge is 2.27. The van der Waals surface area contributed by atoms with Gasteiger partial charge in [-0.05, 0) is 18.9 Å². The van der Waals surface area contributed by atoms with Gasteiger partial charge >= 0.3 is 5.97 Å². The molecule has 0 saturated carbocycles. The van der Waals surface area contributed by atoms with Gasteiger partial charge in [-0.25, -0.2) is 9.48 Å². The molecule has 0 bridgehead atoms. The molecule has 0 radical (unpaired) electrons. The number of benzene rings is 1. The number of aromatic nitrogens is 2. The summed E-state index contributed by atoms with van der Waals surface area (Å²) in [4.78, 5) is 50.2. The van der Waals surface area contributed by atoms with Gasteiger partial charge in [-0.3, -0.25) is 19.3 Å². The van der Waals surface area contributed by atoms with E-state index in [1.807, 2.05) is 0 Å². The molecule has 2 amide bonds. The van der Waals surface area contributed by atoms with Crippen molar-refractivity contribution < 1.29 is 19.1 Å². The highest BCUT2D eigenvalue weighted by molar-refractivity contribution is 6.03. The van der Waals surface area contributed by atoms with E-state index >= 15 is 0 Å². The van der Waals surface area contributed by atoms with Gasteiger partial charge in [-0.15, -0.1) is 0 Å². The molecule has 0 aliphatic carbocycles. The van der Waals surface area contributed by atoms with Crippen LogP contribution in [0.5, 0.6) is 0 Å². The van der Waals surface area contributed by atoms with Crippen LogP contribution in [0.15, 0.2) is 29.1 Å². The van der Waals surface area contributed by atoms with Crippen LogP contribution in [-0.4, -0.2) is 45.6 Å². The van der Waals surface area contributed by atoms with Gasteiger partial charge in [0, 0.05) is 24.9 Å². The van der Waals surface area contributed by atoms with Gasteiger partial charge in [-0.2, -0.15) is 5.10 Å². The molecule has 29 heavy (non-hydrogen) atoms. The molecule has 1 aromatic carbocycles. The number of hydrogen-bond donors (Lipinski definition) is 0. The van der Waals surface area contributed by atoms with Crippen LogP contribution < -0.4 is 5.56 Å². The van der Waals surface area contributed by atoms with Gasteiger partial charge in [0.25, 0.3) is 11.5 Å². The molecule has 1 aliphatic heterocycles. The minimum Gasteiger partial charge on any atom is -0.451 e. The average Bonchev–Trinajstić information content (AvgIpc) is 3.16. The maximum Gasteiger partial charge on any atom is 0.359 e. The highest BCUT2D eigenvalue weighted by atomic mass is 16.5. The number of imide groups is 1. The number of carbonyl (C=O) groups is 3. The molecule has 0 unspecified atom stereocenters. The van der Waals surface area contributed by atoms with E-state index in [-0.39, 0.29) is 17.2 Å². The van der Waals surface area contributed by atoms with Crippen LogP contribution in [0.2, 0.25) is 0 Å². The summed E-state index contributed by atoms with van der Waals surface area (Å²) in [5, 5.41) is 4.99. The smallest absolute Gasteiger partial charge is 0.359 e. The lowest BCUT2D eigenvalue weighted by Crippen LogP contribution is -2.35. The van der Waals surface area contributed by atoms with Gasteiger partial charge < -0.3 is 4.74 Å². The number of ether oxygens (including phenoxy) is 1. The van der Waals surface area contributed by atoms with E-state index in [0.29, 0.717) is 36.7 Å². The summed E-state index contributed by atoms with van der Waals surface area (Å²) in [5.74, 6) is -1.59. The zero-order valence-electron chi connectivity index (χ0n) is 16.6. The second-order valence-electron chi connectivity index (χ2n) is 7.10. The van der Waals surface area contributed by atoms with Crippen LogP contribution in [0.3, 0.4) is 0 Å². The molecule has 1 fully saturated rings. The maximum atomic E-state index is 12.7. The van der Waals surface area contributed by atoms with Crippen LogP contribution in [0.1, 0.15) is 55.9 Å². The van der Waals surface area contributed by atoms with Crippen LogP contribution in [0, 0.1) is 0 Å². The average molecular weight is 399 g/mol. The van der Waals surface area contributed by atoms with Crippen molar-refractivity contribution in [3.63, 3.8) is 0 Å². The maximum absolute atomic E-state index is 12.7. The van der Waals surface area contributed by atoms with Crippen LogP contribution >= 0.6 is 0 Å². The predicted octanol–water partition coefficient (Wildman–Crippen LogP) is 2.28. The first-order valence-electron chi connectivity index (χ1n) is 10.0. The molecule has 0 atom stereocenters. The normalized spacial score (nSPS) is 13.8. The molecule has 1 saturated heterocycles. The highest BCUT2D eigenvalue weighted by Crippen LogP contribution is 2.15. The zero-order chi connectivity index (χ0) is 20.8. The number of rotatable bonds is 8. The first-order chi connectivity index (χ1) is 14.0. The Balaban J connectivity index is 1.80. The van der Waals surface area contributed by atoms with E-state index in [2.05, 4.69) is 12.0 Å². The third-order valence-electron chi connectivity index (χ3n) is 4.99. The Labute approximate surface area is 168 Å². The number of aryl methyl sites for hydroxylation is 1. The number of amides is 2. The molecule has 1 aliphatic rings. The number of carbonyl (C=O) groups excluding carboxylic acids is 3. The van der Waals surface area contributed by atoms with Crippen molar-refractivity contribution in [1.29, 1.82) is 0 Å². The van der Waals surface area contributed by atoms with Crippen molar-refractivity contribution in [2.45, 2.75) is 52.0 Å². The van der Waals surface area contributed by atoms with E-state index in [9.17, 15) is 19.2 Å². The van der Waals surface area contributed by atoms with Gasteiger partial charge in [0.15, 0.2) is 12.3 Å². The number of nitrogens with zero attached hydrogens (tertiary/aromatic N) is 3. The van der Waals surface area contributed by atoms with Gasteiger partial charge in [0.05, 0.1) is 5.39 Å². The Kier molecular flexibility index (Phi) is 6.74. The third kappa shape index (κ3) is 4.70. The molecule has 154 valence electrons. The molecule has 0 N–H and O–H groups in total. The second-order valence-corrected chi connectivity index (χ2v) is 7.10. The fourth-order valence-electron chi connectivity index (χ4n) is 3.41. The van der Waals surface area contributed by atoms with Crippen molar-refractivity contribution in [1.82, 2.24) is 14.7 Å². The molecule has 0 spiro atoms. The number of hydrogen-bond acceptors (Lipinski definition) is 6. The van der Waals surface area contributed by atoms with E-state index < -0.39 is 18.5 Å². The summed E-state index contributed by atoms with van der Waals surface area (Å²) in [5.41, 5.74) is -0.261. The Bertz CT molecular complexity index is 982. The minimum atomic E-state index is -0.788. The van der Waals surface area contributed by atoms with E-state index in [0.717, 1.165) is 30.6 Å². The summed E-state index contributed by atoms with van der Waals surface area (Å²) in [6.45, 7) is 2.33. The molecule has 3 rings (SSSR count). The Morgan fingerprint density at radius 3 is 2.55 bits per heavy atom. The standard InChI is InChI=1S/C21H25N3O5/c1-2-3-4-7-13-24-20(27)16-10-6-5-9-15(16)19(22-24)21(28)29-14-18(26)23-12-8-11-17(23)25/h5-6,9-10H,2-4,7-8,11-14H2,1H3. The zero-order valence-corrected chi connectivity index (χ0v) is 16.6. The fraction of sp³-hybridized carbons (Fsp3) is 0.476. The first-order valence-corrected chi connectivity index (χ1v) is 10.0. The minimum absolute atomic E-state index is 0.00348. The lowest BCUT2D eigenvalue weighted by atomic mass is 10.1. The Morgan fingerprint density at radius 2 is 1.86 bits per heavy atom. The van der Waals surface area contributed by atoms with Crippen molar-refractivity contribution in [3.05, 3.63) is 40.3 Å². The monoisotopic (exact) mass is 399 g/mol. The molecule has 8 heteroatoms. The molecular formula is C21H25N3O5. The lowest BCUT2D eigenvalue weighted by Gasteiger charge is -2.14. The SMILES string of the molecule is CCCCCCn1nc(C(=O)OCC(=O)N2CCCC2=O)c2ccccc2c1=O. The largest absolute Gasteiger partial charge is 0.451 e. The second kappa shape index (κ2) is 9.45. The summed E-state index contributed by atoms with van der Waals surface area (Å²) in [6.07, 6.45) is 4.83. The Morgan fingerprint density at radius 1 is 1.10 bits per heavy atom. The quantitative estimate of drug-likeness (QED) is 0.499. The number of likely N-dealkylation sites (tertiary alicyclic amines) is 1. The van der Waals surface area contributed by atoms with Crippen molar-refractivity contribution in [2.24, 2.45) is 0 Å². The summed E-state index contributed by atoms with van der Waals surface area (Å²) >= 11 is 0. The van der Waals surface area contributed by atoms with Crippen LogP contribution in [-0.2, 0) is 20.9 Å². The number of esters is 1. The first kappa shape index (κ1) is 20.7. The summed E-state index contributed by atoms with van der Waals surface area (Å²) < 4.78 is 6.43. The van der Waals surface area contributed by atoms with Crippen LogP contribution in [0.4, 0.5) is 0 Å². The molecule has 8 nitrogen and oxygen atoms in total. The van der Waals surface area contributed by atoms with Gasteiger partial charge in [0.1, 0.15) is 0 Å². The van der Waals surface area contributed by atoms with E-state index in [4.69, 9.17) is 4.74 Å². The Hall–Kier alpha value is -3.03. The predicted molar refractivity (Wildman–Crippen MR) is 106 cm³/mol. The molecule has 2 heterocycles. The van der Waals surface area contributed by atoms with Crippen molar-refractivity contribution in [3.8, 4) is 0 Å². The fourth-order valence-corrected chi connectivity index (χ4v) is 3.41. The third-order valence-corrected chi connectivity index (χ3v) is 4.99. The number of unbranched alkanes of at least 4 members (excludes halogenated alkanes) is 3. The molecular weight excluding hydrogens is 374 g/mol. The van der Waals surface area contributed by atoms with E-state index in [1.165, 1.54) is 4.68 Å². The summed E-state index contributed by atoms with van der Waals surface area (Å²) in [7, 11) is 0.